The van der Waals surface area contributed by atoms with Crippen molar-refractivity contribution in [2.75, 3.05) is 7.11 Å². The van der Waals surface area contributed by atoms with Crippen molar-refractivity contribution in [2.24, 2.45) is 0 Å². The minimum absolute atomic E-state index is 0.268. The van der Waals surface area contributed by atoms with Gasteiger partial charge in [-0.25, -0.2) is 4.52 Å². The van der Waals surface area contributed by atoms with Crippen LogP contribution in [0.5, 0.6) is 5.75 Å². The molecule has 7 nitrogen and oxygen atoms in total. The maximum atomic E-state index is 12.3. The Balaban J connectivity index is 1.90. The smallest absolute Gasteiger partial charge is 0.270 e. The average molecular weight is 343 g/mol. The van der Waals surface area contributed by atoms with Gasteiger partial charge in [0.05, 0.1) is 18.1 Å². The molecule has 2 heterocycles. The Labute approximate surface area is 147 Å². The average Bonchev–Trinajstić information content (AvgIpc) is 3.10. The van der Waals surface area contributed by atoms with Crippen LogP contribution in [0.3, 0.4) is 0 Å². The molecule has 2 aromatic heterocycles. The van der Waals surface area contributed by atoms with E-state index in [1.807, 2.05) is 18.2 Å². The topological polar surface area (TPSA) is 96.1 Å². The summed E-state index contributed by atoms with van der Waals surface area (Å²) in [5.41, 5.74) is 1.32. The summed E-state index contributed by atoms with van der Waals surface area (Å²) in [6.07, 6.45) is 1.68. The molecule has 4 rings (SSSR count). The fourth-order valence-corrected chi connectivity index (χ4v) is 2.79. The number of nitrogens with one attached hydrogen (secondary N) is 1. The lowest BCUT2D eigenvalue weighted by atomic mass is 10.1. The largest absolute Gasteiger partial charge is 0.497 e. The van der Waals surface area contributed by atoms with Crippen LogP contribution in [0.25, 0.3) is 28.1 Å². The lowest BCUT2D eigenvalue weighted by Gasteiger charge is -2.02. The number of aromatic amines is 1. The summed E-state index contributed by atoms with van der Waals surface area (Å²) >= 11 is 0. The molecule has 0 fully saturated rings. The molecule has 4 aromatic rings. The summed E-state index contributed by atoms with van der Waals surface area (Å²) in [5.74, 6) is 1.01. The quantitative estimate of drug-likeness (QED) is 0.577. The first kappa shape index (κ1) is 15.6. The minimum Gasteiger partial charge on any atom is -0.497 e. The van der Waals surface area contributed by atoms with Crippen LogP contribution in [-0.2, 0) is 0 Å². The van der Waals surface area contributed by atoms with Crippen molar-refractivity contribution in [1.29, 1.82) is 5.26 Å². The van der Waals surface area contributed by atoms with E-state index in [1.54, 1.807) is 43.5 Å². The molecule has 0 amide bonds. The van der Waals surface area contributed by atoms with Gasteiger partial charge >= 0.3 is 0 Å². The number of aromatic nitrogens is 4. The molecule has 2 aromatic carbocycles. The lowest BCUT2D eigenvalue weighted by Crippen LogP contribution is -2.13. The fraction of sp³-hybridized carbons (Fsp3) is 0.0526. The molecule has 0 saturated carbocycles. The summed E-state index contributed by atoms with van der Waals surface area (Å²) in [7, 11) is 1.59. The number of benzene rings is 2. The van der Waals surface area contributed by atoms with Gasteiger partial charge in [-0.2, -0.15) is 5.26 Å². The monoisotopic (exact) mass is 343 g/mol. The highest BCUT2D eigenvalue weighted by molar-refractivity contribution is 5.94. The Hall–Kier alpha value is -3.92. The van der Waals surface area contributed by atoms with Gasteiger partial charge < -0.3 is 4.74 Å². The molecule has 0 saturated heterocycles. The summed E-state index contributed by atoms with van der Waals surface area (Å²) < 4.78 is 6.58. The van der Waals surface area contributed by atoms with E-state index in [4.69, 9.17) is 4.74 Å². The Bertz CT molecular complexity index is 1240. The number of nitrogens with zero attached hydrogens (tertiary/aromatic N) is 4. The van der Waals surface area contributed by atoms with Crippen molar-refractivity contribution in [3.8, 4) is 11.8 Å². The molecule has 0 spiro atoms. The second-order valence-electron chi connectivity index (χ2n) is 5.61. The number of methoxy groups -OCH3 is 1. The first-order valence-electron chi connectivity index (χ1n) is 7.83. The number of rotatable bonds is 3. The van der Waals surface area contributed by atoms with E-state index in [0.29, 0.717) is 16.4 Å². The molecule has 0 unspecified atom stereocenters. The van der Waals surface area contributed by atoms with E-state index in [-0.39, 0.29) is 17.0 Å². The maximum absolute atomic E-state index is 12.3. The normalized spacial score (nSPS) is 11.6. The third-order valence-electron chi connectivity index (χ3n) is 4.08. The van der Waals surface area contributed by atoms with Gasteiger partial charge in [-0.3, -0.25) is 9.89 Å². The molecule has 0 bridgehead atoms. The summed E-state index contributed by atoms with van der Waals surface area (Å²) in [4.78, 5) is 12.3. The molecule has 7 heteroatoms. The molecular formula is C19H13N5O2. The summed E-state index contributed by atoms with van der Waals surface area (Å²) in [6, 6.07) is 16.5. The molecule has 0 aliphatic rings. The van der Waals surface area contributed by atoms with Gasteiger partial charge in [-0.15, -0.1) is 10.2 Å². The molecule has 0 atom stereocenters. The number of fused-ring (bicyclic) bond motifs is 3. The van der Waals surface area contributed by atoms with Crippen LogP contribution in [0, 0.1) is 11.3 Å². The van der Waals surface area contributed by atoms with Crippen LogP contribution in [0.4, 0.5) is 0 Å². The fourth-order valence-electron chi connectivity index (χ4n) is 2.79. The van der Waals surface area contributed by atoms with Crippen LogP contribution < -0.4 is 10.3 Å². The van der Waals surface area contributed by atoms with Crippen molar-refractivity contribution >= 4 is 28.1 Å². The van der Waals surface area contributed by atoms with Gasteiger partial charge in [-0.1, -0.05) is 30.3 Å². The minimum atomic E-state index is -0.268. The Morgan fingerprint density at radius 1 is 1.15 bits per heavy atom. The van der Waals surface area contributed by atoms with Crippen LogP contribution in [0.1, 0.15) is 11.4 Å². The van der Waals surface area contributed by atoms with E-state index < -0.39 is 0 Å². The van der Waals surface area contributed by atoms with E-state index in [9.17, 15) is 10.1 Å². The van der Waals surface area contributed by atoms with E-state index in [0.717, 1.165) is 11.3 Å². The number of H-pyrrole nitrogens is 1. The Morgan fingerprint density at radius 2 is 1.88 bits per heavy atom. The maximum Gasteiger partial charge on any atom is 0.270 e. The van der Waals surface area contributed by atoms with Crippen molar-refractivity contribution in [1.82, 2.24) is 19.8 Å². The number of hydrogen-bond acceptors (Lipinski definition) is 5. The highest BCUT2D eigenvalue weighted by atomic mass is 16.5. The van der Waals surface area contributed by atoms with Gasteiger partial charge in [0, 0.05) is 5.39 Å². The molecule has 0 aliphatic heterocycles. The zero-order valence-electron chi connectivity index (χ0n) is 13.8. The van der Waals surface area contributed by atoms with E-state index >= 15 is 0 Å². The van der Waals surface area contributed by atoms with Crippen LogP contribution in [0.15, 0.2) is 53.3 Å². The van der Waals surface area contributed by atoms with Crippen molar-refractivity contribution in [3.05, 3.63) is 70.3 Å². The number of ether oxygens (including phenoxy) is 1. The Morgan fingerprint density at radius 3 is 2.58 bits per heavy atom. The van der Waals surface area contributed by atoms with Crippen molar-refractivity contribution in [2.45, 2.75) is 0 Å². The zero-order chi connectivity index (χ0) is 18.1. The standard InChI is InChI=1S/C19H13N5O2/c1-26-14-8-6-12(7-9-14)10-13(11-20)17-21-22-18-15-4-2-3-5-16(15)19(25)23-24(17)18/h2-10H,1H3,(H,23,25)/b13-10+. The molecule has 126 valence electrons. The van der Waals surface area contributed by atoms with Gasteiger partial charge in [-0.05, 0) is 29.8 Å². The van der Waals surface area contributed by atoms with Gasteiger partial charge in [0.25, 0.3) is 5.56 Å². The van der Waals surface area contributed by atoms with Gasteiger partial charge in [0.15, 0.2) is 11.5 Å². The molecule has 26 heavy (non-hydrogen) atoms. The zero-order valence-corrected chi connectivity index (χ0v) is 13.8. The number of hydrogen-bond donors (Lipinski definition) is 1. The second kappa shape index (κ2) is 6.18. The first-order chi connectivity index (χ1) is 12.7. The highest BCUT2D eigenvalue weighted by Gasteiger charge is 2.15. The third kappa shape index (κ3) is 2.50. The van der Waals surface area contributed by atoms with Gasteiger partial charge in [0.2, 0.25) is 0 Å². The van der Waals surface area contributed by atoms with Crippen molar-refractivity contribution in [3.63, 3.8) is 0 Å². The molecule has 0 aliphatic carbocycles. The lowest BCUT2D eigenvalue weighted by molar-refractivity contribution is 0.415. The highest BCUT2D eigenvalue weighted by Crippen LogP contribution is 2.21. The van der Waals surface area contributed by atoms with Crippen LogP contribution in [-0.4, -0.2) is 26.9 Å². The Kier molecular flexibility index (Phi) is 3.71. The third-order valence-corrected chi connectivity index (χ3v) is 4.08. The van der Waals surface area contributed by atoms with E-state index in [2.05, 4.69) is 21.4 Å². The predicted molar refractivity (Wildman–Crippen MR) is 97.6 cm³/mol. The summed E-state index contributed by atoms with van der Waals surface area (Å²) in [5, 5.41) is 21.8. The molecule has 1 N–H and O–H groups in total. The van der Waals surface area contributed by atoms with Crippen molar-refractivity contribution < 1.29 is 4.74 Å². The molecular weight excluding hydrogens is 330 g/mol. The van der Waals surface area contributed by atoms with E-state index in [1.165, 1.54) is 4.52 Å². The first-order valence-corrected chi connectivity index (χ1v) is 7.83. The number of allylic oxidation sites excluding steroid dienone is 1. The molecule has 0 radical (unpaired) electrons. The number of nitriles is 1. The van der Waals surface area contributed by atoms with Gasteiger partial charge in [0.1, 0.15) is 11.8 Å². The van der Waals surface area contributed by atoms with Crippen LogP contribution in [0.2, 0.25) is 0 Å². The van der Waals surface area contributed by atoms with Crippen LogP contribution >= 0.6 is 0 Å². The summed E-state index contributed by atoms with van der Waals surface area (Å²) in [6.45, 7) is 0. The predicted octanol–water partition coefficient (Wildman–Crippen LogP) is 2.64. The SMILES string of the molecule is COc1ccc(/C=C(\C#N)c2nnc3c4ccccc4c(=O)[nH]n23)cc1. The second-order valence-corrected chi connectivity index (χ2v) is 5.61.